The van der Waals surface area contributed by atoms with Gasteiger partial charge in [0.25, 0.3) is 5.91 Å². The number of likely N-dealkylation sites (tertiary alicyclic amines) is 1. The zero-order valence-electron chi connectivity index (χ0n) is 26.4. The Morgan fingerprint density at radius 2 is 1.65 bits per heavy atom. The highest BCUT2D eigenvalue weighted by Crippen LogP contribution is 2.30. The number of anilines is 3. The van der Waals surface area contributed by atoms with Crippen LogP contribution in [-0.2, 0) is 11.3 Å². The van der Waals surface area contributed by atoms with Crippen molar-refractivity contribution in [1.82, 2.24) is 19.9 Å². The molecule has 0 spiro atoms. The van der Waals surface area contributed by atoms with Crippen molar-refractivity contribution in [2.45, 2.75) is 64.1 Å². The second kappa shape index (κ2) is 16.3. The number of alkyl halides is 3. The van der Waals surface area contributed by atoms with E-state index in [1.807, 2.05) is 24.3 Å². The maximum Gasteiger partial charge on any atom is 0.422 e. The Balaban J connectivity index is 1.40. The number of hydrogen-bond acceptors (Lipinski definition) is 10. The summed E-state index contributed by atoms with van der Waals surface area (Å²) in [5, 5.41) is 15.2. The van der Waals surface area contributed by atoms with Gasteiger partial charge < -0.3 is 34.9 Å². The minimum atomic E-state index is -4.60. The molecule has 0 radical (unpaired) electrons. The van der Waals surface area contributed by atoms with Gasteiger partial charge in [0.05, 0.1) is 18.8 Å². The molecule has 0 aliphatic carbocycles. The van der Waals surface area contributed by atoms with Crippen molar-refractivity contribution in [3.05, 3.63) is 53.6 Å². The number of rotatable bonds is 5. The molecule has 1 fully saturated rings. The number of nitrogens with zero attached hydrogens (tertiary/aromatic N) is 4. The van der Waals surface area contributed by atoms with Crippen molar-refractivity contribution in [2.24, 2.45) is 5.92 Å². The van der Waals surface area contributed by atoms with Crippen LogP contribution in [0.2, 0.25) is 0 Å². The number of carbonyl (C=O) groups is 2. The number of hydrogen-bond donors (Lipinski definition) is 3. The van der Waals surface area contributed by atoms with Gasteiger partial charge in [-0.2, -0.15) is 28.1 Å². The second-order valence-corrected chi connectivity index (χ2v) is 11.8. The van der Waals surface area contributed by atoms with E-state index in [0.29, 0.717) is 49.7 Å². The van der Waals surface area contributed by atoms with E-state index in [1.165, 1.54) is 0 Å². The van der Waals surface area contributed by atoms with E-state index < -0.39 is 24.8 Å². The molecular formula is C33H39F3N6O6. The summed E-state index contributed by atoms with van der Waals surface area (Å²) < 4.78 is 55.7. The van der Waals surface area contributed by atoms with Gasteiger partial charge >= 0.3 is 18.2 Å². The first kappa shape index (κ1) is 34.5. The van der Waals surface area contributed by atoms with Gasteiger partial charge in [-0.25, -0.2) is 0 Å². The van der Waals surface area contributed by atoms with Crippen LogP contribution < -0.4 is 24.8 Å². The van der Waals surface area contributed by atoms with Gasteiger partial charge in [-0.05, 0) is 55.0 Å². The van der Waals surface area contributed by atoms with Crippen LogP contribution in [0.5, 0.6) is 17.5 Å². The van der Waals surface area contributed by atoms with E-state index in [1.54, 1.807) is 23.1 Å². The largest absolute Gasteiger partial charge is 0.494 e. The minimum absolute atomic E-state index is 0.00725. The van der Waals surface area contributed by atoms with E-state index in [-0.39, 0.29) is 36.7 Å². The highest BCUT2D eigenvalue weighted by atomic mass is 19.4. The molecule has 3 aliphatic rings. The molecule has 6 bridgehead atoms. The number of ether oxygens (including phenoxy) is 3. The summed E-state index contributed by atoms with van der Waals surface area (Å²) >= 11 is 0. The molecule has 1 saturated heterocycles. The zero-order chi connectivity index (χ0) is 33.9. The molecule has 0 saturated carbocycles. The summed E-state index contributed by atoms with van der Waals surface area (Å²) in [6.07, 6.45) is 1.74. The third-order valence-corrected chi connectivity index (χ3v) is 7.92. The van der Waals surface area contributed by atoms with Gasteiger partial charge in [0.15, 0.2) is 6.61 Å². The van der Waals surface area contributed by atoms with E-state index in [9.17, 15) is 27.9 Å². The highest BCUT2D eigenvalue weighted by Gasteiger charge is 2.31. The predicted molar refractivity (Wildman–Crippen MR) is 170 cm³/mol. The van der Waals surface area contributed by atoms with Crippen molar-refractivity contribution in [3.63, 3.8) is 0 Å². The van der Waals surface area contributed by atoms with Gasteiger partial charge in [-0.3, -0.25) is 9.59 Å². The van der Waals surface area contributed by atoms with E-state index >= 15 is 0 Å². The number of nitrogens with one attached hydrogen (secondary N) is 2. The number of aliphatic carboxylic acids is 1. The van der Waals surface area contributed by atoms with Crippen molar-refractivity contribution < 1.29 is 42.1 Å². The Morgan fingerprint density at radius 1 is 0.938 bits per heavy atom. The number of fused-ring (bicyclic) bond motifs is 12. The maximum absolute atomic E-state index is 13.6. The van der Waals surface area contributed by atoms with Crippen molar-refractivity contribution in [1.29, 1.82) is 0 Å². The second-order valence-electron chi connectivity index (χ2n) is 11.8. The molecule has 1 amide bonds. The monoisotopic (exact) mass is 672 g/mol. The Labute approximate surface area is 276 Å². The third kappa shape index (κ3) is 10.6. The van der Waals surface area contributed by atoms with Crippen LogP contribution in [-0.4, -0.2) is 75.9 Å². The molecule has 3 aromatic rings. The molecule has 15 heteroatoms. The van der Waals surface area contributed by atoms with Gasteiger partial charge in [0.1, 0.15) is 11.5 Å². The van der Waals surface area contributed by atoms with E-state index in [4.69, 9.17) is 14.2 Å². The lowest BCUT2D eigenvalue weighted by molar-refractivity contribution is -0.154. The first-order chi connectivity index (χ1) is 23.1. The van der Waals surface area contributed by atoms with Crippen LogP contribution in [0.1, 0.15) is 67.3 Å². The van der Waals surface area contributed by atoms with Gasteiger partial charge in [-0.15, -0.1) is 0 Å². The molecule has 1 atom stereocenters. The zero-order valence-corrected chi connectivity index (χ0v) is 26.4. The number of aromatic nitrogens is 3. The number of carboxylic acid groups (broad SMARTS) is 1. The number of carboxylic acids is 1. The average molecular weight is 673 g/mol. The highest BCUT2D eigenvalue weighted by molar-refractivity contribution is 5.97. The molecule has 1 aromatic heterocycles. The van der Waals surface area contributed by atoms with Crippen molar-refractivity contribution in [3.8, 4) is 17.5 Å². The van der Waals surface area contributed by atoms with E-state index in [2.05, 4.69) is 25.6 Å². The Hall–Kier alpha value is -4.82. The van der Waals surface area contributed by atoms with Crippen LogP contribution in [0.25, 0.3) is 0 Å². The summed E-state index contributed by atoms with van der Waals surface area (Å²) in [5.41, 5.74) is 1.60. The summed E-state index contributed by atoms with van der Waals surface area (Å²) in [6.45, 7) is 0.410. The molecule has 3 aliphatic heterocycles. The van der Waals surface area contributed by atoms with Crippen LogP contribution >= 0.6 is 0 Å². The summed E-state index contributed by atoms with van der Waals surface area (Å²) in [4.78, 5) is 38.8. The maximum atomic E-state index is 13.6. The molecule has 2 aromatic carbocycles. The molecule has 4 heterocycles. The van der Waals surface area contributed by atoms with Gasteiger partial charge in [-0.1, -0.05) is 37.8 Å². The molecule has 48 heavy (non-hydrogen) atoms. The standard InChI is InChI=1S/C33H39F3N6O6/c34-33(35,36)21-48-32-40-30-37-19-22-7-10-25(11-8-22)46-15-5-3-1-2-4-6-16-47-27-18-24(38-31(39-30)41-32)9-12-26(27)29(45)42-14-13-23(20-42)17-28(43)44/h7-12,18,23H,1-6,13-17,19-21H2,(H,43,44)(H2,37,38,39,40,41). The van der Waals surface area contributed by atoms with Crippen LogP contribution in [0.15, 0.2) is 42.5 Å². The first-order valence-electron chi connectivity index (χ1n) is 16.1. The Kier molecular flexibility index (Phi) is 11.7. The molecule has 258 valence electrons. The van der Waals surface area contributed by atoms with Crippen molar-refractivity contribution in [2.75, 3.05) is 43.5 Å². The fourth-order valence-corrected chi connectivity index (χ4v) is 5.50. The number of amides is 1. The number of benzene rings is 2. The SMILES string of the molecule is O=C(O)CC1CCN(C(=O)c2ccc3cc2OCCCCCCCCOc2ccc(cc2)CNc2nc(nc(OCC(F)(F)F)n2)N3)C1. The van der Waals surface area contributed by atoms with Crippen LogP contribution in [0.3, 0.4) is 0 Å². The Bertz CT molecular complexity index is 1540. The summed E-state index contributed by atoms with van der Waals surface area (Å²) in [6, 6.07) is 11.7. The molecule has 6 rings (SSSR count). The lowest BCUT2D eigenvalue weighted by Gasteiger charge is -2.20. The lowest BCUT2D eigenvalue weighted by Crippen LogP contribution is -2.29. The molecule has 1 unspecified atom stereocenters. The quantitative estimate of drug-likeness (QED) is 0.284. The minimum Gasteiger partial charge on any atom is -0.494 e. The summed E-state index contributed by atoms with van der Waals surface area (Å²) in [5.74, 6) is -0.347. The summed E-state index contributed by atoms with van der Waals surface area (Å²) in [7, 11) is 0. The Morgan fingerprint density at radius 3 is 2.38 bits per heavy atom. The van der Waals surface area contributed by atoms with Crippen LogP contribution in [0.4, 0.5) is 30.8 Å². The molecule has 3 N–H and O–H groups in total. The average Bonchev–Trinajstić information content (AvgIpc) is 3.51. The molecule has 12 nitrogen and oxygen atoms in total. The van der Waals surface area contributed by atoms with Crippen LogP contribution in [0, 0.1) is 5.92 Å². The number of carbonyl (C=O) groups excluding carboxylic acids is 1. The number of halogens is 3. The lowest BCUT2D eigenvalue weighted by atomic mass is 10.1. The predicted octanol–water partition coefficient (Wildman–Crippen LogP) is 6.22. The fraction of sp³-hybridized carbons (Fsp3) is 0.485. The first-order valence-corrected chi connectivity index (χ1v) is 16.1. The normalized spacial score (nSPS) is 17.7. The molecular weight excluding hydrogens is 633 g/mol. The smallest absolute Gasteiger partial charge is 0.422 e. The third-order valence-electron chi connectivity index (χ3n) is 7.92. The van der Waals surface area contributed by atoms with Gasteiger partial charge in [0.2, 0.25) is 11.9 Å². The van der Waals surface area contributed by atoms with E-state index in [0.717, 1.165) is 49.8 Å². The van der Waals surface area contributed by atoms with Gasteiger partial charge in [0, 0.05) is 37.8 Å². The van der Waals surface area contributed by atoms with Crippen molar-refractivity contribution >= 4 is 29.5 Å². The fourth-order valence-electron chi connectivity index (χ4n) is 5.50. The topological polar surface area (TPSA) is 148 Å².